The Balaban J connectivity index is 0.000000810. The van der Waals surface area contributed by atoms with Crippen molar-refractivity contribution in [2.75, 3.05) is 5.73 Å². The van der Waals surface area contributed by atoms with Gasteiger partial charge in [-0.1, -0.05) is 17.7 Å². The summed E-state index contributed by atoms with van der Waals surface area (Å²) in [6, 6.07) is 5.30. The molecule has 1 aromatic rings. The summed E-state index contributed by atoms with van der Waals surface area (Å²) >= 11 is 9.71. The molecule has 2 N–H and O–H groups in total. The van der Waals surface area contributed by atoms with Crippen LogP contribution in [0.3, 0.4) is 0 Å². The van der Waals surface area contributed by atoms with E-state index in [9.17, 15) is 0 Å². The molecule has 1 nitrogen and oxygen atoms in total. The molecule has 1 rings (SSSR count). The van der Waals surface area contributed by atoms with E-state index in [1.807, 2.05) is 0 Å². The summed E-state index contributed by atoms with van der Waals surface area (Å²) < 4.78 is 0. The normalized spacial score (nSPS) is 8.60. The van der Waals surface area contributed by atoms with Gasteiger partial charge in [-0.3, -0.25) is 0 Å². The minimum atomic E-state index is 0. The van der Waals surface area contributed by atoms with Gasteiger partial charge in [-0.2, -0.15) is 0 Å². The van der Waals surface area contributed by atoms with E-state index in [-0.39, 0.29) is 29.6 Å². The number of nitrogen functional groups attached to an aromatic ring is 1. The van der Waals surface area contributed by atoms with Gasteiger partial charge in [-0.05, 0) is 12.1 Å². The van der Waals surface area contributed by atoms with Crippen LogP contribution >= 0.6 is 24.2 Å². The van der Waals surface area contributed by atoms with Crippen LogP contribution < -0.4 is 5.73 Å². The van der Waals surface area contributed by atoms with Crippen LogP contribution in [0.4, 0.5) is 5.69 Å². The minimum absolute atomic E-state index is 0. The topological polar surface area (TPSA) is 26.0 Å². The molecule has 0 fully saturated rings. The van der Waals surface area contributed by atoms with Crippen LogP contribution in [-0.2, 0) is 0 Å². The maximum absolute atomic E-state index is 5.66. The first-order valence-corrected chi connectivity index (χ1v) is 3.27. The van der Waals surface area contributed by atoms with E-state index in [1.54, 1.807) is 18.2 Å². The van der Waals surface area contributed by atoms with Crippen molar-refractivity contribution >= 4 is 59.5 Å². The number of thiol groups is 1. The molecule has 0 bridgehead atoms. The van der Waals surface area contributed by atoms with Gasteiger partial charge in [0.05, 0.1) is 5.02 Å². The van der Waals surface area contributed by atoms with Crippen molar-refractivity contribution in [1.82, 2.24) is 0 Å². The molecule has 0 radical (unpaired) electrons. The van der Waals surface area contributed by atoms with Gasteiger partial charge >= 0.3 is 29.6 Å². The van der Waals surface area contributed by atoms with Crippen LogP contribution in [0.2, 0.25) is 5.02 Å². The van der Waals surface area contributed by atoms with Crippen molar-refractivity contribution in [1.29, 1.82) is 0 Å². The molecule has 10 heavy (non-hydrogen) atoms. The fraction of sp³-hybridized carbons (Fsp3) is 0. The van der Waals surface area contributed by atoms with Crippen molar-refractivity contribution < 1.29 is 0 Å². The standard InChI is InChI=1S/C6H6ClNS.Na.H/c7-4-2-1-3-5(8)6(4)9;;/h1-3,9H,8H2;;. The number of hydrogen-bond acceptors (Lipinski definition) is 2. The Morgan fingerprint density at radius 1 is 1.40 bits per heavy atom. The maximum atomic E-state index is 5.66. The van der Waals surface area contributed by atoms with Crippen molar-refractivity contribution in [2.24, 2.45) is 0 Å². The molecule has 0 atom stereocenters. The average molecular weight is 184 g/mol. The van der Waals surface area contributed by atoms with Gasteiger partial charge < -0.3 is 5.73 Å². The molecule has 0 aliphatic heterocycles. The number of benzene rings is 1. The molecular weight excluding hydrogens is 177 g/mol. The van der Waals surface area contributed by atoms with E-state index in [0.29, 0.717) is 15.6 Å². The van der Waals surface area contributed by atoms with E-state index in [4.69, 9.17) is 17.3 Å². The molecule has 0 heterocycles. The van der Waals surface area contributed by atoms with E-state index >= 15 is 0 Å². The Kier molecular flexibility index (Phi) is 4.82. The third kappa shape index (κ3) is 2.36. The van der Waals surface area contributed by atoms with Crippen LogP contribution in [0.5, 0.6) is 0 Å². The molecule has 0 amide bonds. The van der Waals surface area contributed by atoms with E-state index < -0.39 is 0 Å². The van der Waals surface area contributed by atoms with Gasteiger partial charge in [0.15, 0.2) is 0 Å². The zero-order chi connectivity index (χ0) is 6.85. The van der Waals surface area contributed by atoms with Gasteiger partial charge in [-0.25, -0.2) is 0 Å². The fourth-order valence-electron chi connectivity index (χ4n) is 0.532. The van der Waals surface area contributed by atoms with Crippen molar-refractivity contribution in [2.45, 2.75) is 4.90 Å². The Hall–Kier alpha value is 0.660. The molecule has 4 heteroatoms. The van der Waals surface area contributed by atoms with Crippen LogP contribution in [0, 0.1) is 0 Å². The van der Waals surface area contributed by atoms with E-state index in [2.05, 4.69) is 12.6 Å². The summed E-state index contributed by atoms with van der Waals surface area (Å²) in [6.45, 7) is 0. The van der Waals surface area contributed by atoms with E-state index in [1.165, 1.54) is 0 Å². The fourth-order valence-corrected chi connectivity index (χ4v) is 0.863. The monoisotopic (exact) mass is 183 g/mol. The molecule has 0 saturated carbocycles. The molecule has 50 valence electrons. The predicted molar refractivity (Wildman–Crippen MR) is 50.3 cm³/mol. The Labute approximate surface area is 92.6 Å². The number of rotatable bonds is 0. The summed E-state index contributed by atoms with van der Waals surface area (Å²) in [5.41, 5.74) is 6.08. The van der Waals surface area contributed by atoms with Gasteiger partial charge in [-0.15, -0.1) is 12.6 Å². The zero-order valence-corrected chi connectivity index (χ0v) is 6.28. The predicted octanol–water partition coefficient (Wildman–Crippen LogP) is 1.56. The third-order valence-corrected chi connectivity index (χ3v) is 1.96. The molecule has 0 aromatic heterocycles. The van der Waals surface area contributed by atoms with Gasteiger partial charge in [0.2, 0.25) is 0 Å². The summed E-state index contributed by atoms with van der Waals surface area (Å²) in [5, 5.41) is 0.596. The van der Waals surface area contributed by atoms with Gasteiger partial charge in [0.1, 0.15) is 0 Å². The first kappa shape index (κ1) is 10.7. The van der Waals surface area contributed by atoms with E-state index in [0.717, 1.165) is 0 Å². The van der Waals surface area contributed by atoms with Crippen LogP contribution in [0.25, 0.3) is 0 Å². The number of halogens is 1. The number of hydrogen-bond donors (Lipinski definition) is 2. The second kappa shape index (κ2) is 4.52. The van der Waals surface area contributed by atoms with Gasteiger partial charge in [0, 0.05) is 10.6 Å². The summed E-state index contributed by atoms with van der Waals surface area (Å²) in [4.78, 5) is 0.652. The number of anilines is 1. The Morgan fingerprint density at radius 2 is 2.00 bits per heavy atom. The molecule has 0 aliphatic rings. The Bertz CT molecular complexity index is 209. The second-order valence-corrected chi connectivity index (χ2v) is 2.53. The number of nitrogens with two attached hydrogens (primary N) is 1. The SMILES string of the molecule is Nc1cccc(Cl)c1S.[NaH]. The first-order valence-electron chi connectivity index (χ1n) is 2.45. The molecule has 0 spiro atoms. The van der Waals surface area contributed by atoms with Crippen molar-refractivity contribution in [3.63, 3.8) is 0 Å². The second-order valence-electron chi connectivity index (χ2n) is 1.68. The summed E-state index contributed by atoms with van der Waals surface area (Å²) in [7, 11) is 0. The third-order valence-electron chi connectivity index (χ3n) is 1.02. The van der Waals surface area contributed by atoms with Crippen molar-refractivity contribution in [3.8, 4) is 0 Å². The summed E-state index contributed by atoms with van der Waals surface area (Å²) in [5.74, 6) is 0. The zero-order valence-electron chi connectivity index (χ0n) is 4.63. The quantitative estimate of drug-likeness (QED) is 0.357. The molecule has 0 saturated heterocycles. The van der Waals surface area contributed by atoms with Gasteiger partial charge in [0.25, 0.3) is 0 Å². The first-order chi connectivity index (χ1) is 4.22. The van der Waals surface area contributed by atoms with Crippen molar-refractivity contribution in [3.05, 3.63) is 23.2 Å². The van der Waals surface area contributed by atoms with Crippen LogP contribution in [0.15, 0.2) is 23.1 Å². The van der Waals surface area contributed by atoms with Crippen LogP contribution in [-0.4, -0.2) is 29.6 Å². The average Bonchev–Trinajstić information content (AvgIpc) is 1.83. The molecule has 0 unspecified atom stereocenters. The Morgan fingerprint density at radius 3 is 2.40 bits per heavy atom. The molecular formula is C6H7ClNNaS. The molecule has 1 aromatic carbocycles. The molecule has 0 aliphatic carbocycles. The van der Waals surface area contributed by atoms with Crippen LogP contribution in [0.1, 0.15) is 0 Å². The summed E-state index contributed by atoms with van der Waals surface area (Å²) in [6.07, 6.45) is 0.